The number of para-hydroxylation sites is 1. The Morgan fingerprint density at radius 2 is 2.04 bits per heavy atom. The quantitative estimate of drug-likeness (QED) is 0.847. The lowest BCUT2D eigenvalue weighted by molar-refractivity contribution is -0.145. The van der Waals surface area contributed by atoms with Gasteiger partial charge in [0.05, 0.1) is 5.57 Å². The third-order valence-corrected chi connectivity index (χ3v) is 5.22. The van der Waals surface area contributed by atoms with Crippen molar-refractivity contribution in [3.8, 4) is 5.75 Å². The highest BCUT2D eigenvalue weighted by Gasteiger charge is 2.45. The van der Waals surface area contributed by atoms with Gasteiger partial charge in [-0.25, -0.2) is 4.79 Å². The molecule has 1 saturated carbocycles. The lowest BCUT2D eigenvalue weighted by Gasteiger charge is -2.45. The molecule has 0 radical (unpaired) electrons. The molecular weight excluding hydrogens is 290 g/mol. The summed E-state index contributed by atoms with van der Waals surface area (Å²) in [6, 6.07) is 8.00. The number of carbonyl (C=O) groups is 1. The van der Waals surface area contributed by atoms with Gasteiger partial charge in [0.1, 0.15) is 11.9 Å². The Kier molecular flexibility index (Phi) is 3.36. The van der Waals surface area contributed by atoms with Gasteiger partial charge in [0.2, 0.25) is 0 Å². The van der Waals surface area contributed by atoms with Gasteiger partial charge in [-0.3, -0.25) is 0 Å². The molecular formula is C19H23NO3. The molecule has 0 aromatic heterocycles. The van der Waals surface area contributed by atoms with Gasteiger partial charge in [-0.1, -0.05) is 18.2 Å². The molecule has 1 aromatic carbocycles. The summed E-state index contributed by atoms with van der Waals surface area (Å²) >= 11 is 0. The number of esters is 1. The number of ether oxygens (including phenoxy) is 2. The van der Waals surface area contributed by atoms with Crippen LogP contribution in [0.1, 0.15) is 57.4 Å². The predicted molar refractivity (Wildman–Crippen MR) is 87.0 cm³/mol. The zero-order chi connectivity index (χ0) is 16.0. The fourth-order valence-electron chi connectivity index (χ4n) is 4.22. The average molecular weight is 313 g/mol. The van der Waals surface area contributed by atoms with Crippen molar-refractivity contribution in [1.29, 1.82) is 0 Å². The van der Waals surface area contributed by atoms with Gasteiger partial charge in [-0.15, -0.1) is 0 Å². The molecule has 0 amide bonds. The molecule has 4 rings (SSSR count). The summed E-state index contributed by atoms with van der Waals surface area (Å²) in [4.78, 5) is 12.8. The summed E-state index contributed by atoms with van der Waals surface area (Å²) in [6.07, 6.45) is 5.14. The first-order valence-electron chi connectivity index (χ1n) is 8.54. The highest BCUT2D eigenvalue weighted by atomic mass is 16.5. The van der Waals surface area contributed by atoms with Crippen LogP contribution >= 0.6 is 0 Å². The molecule has 1 aliphatic carbocycles. The maximum Gasteiger partial charge on any atom is 0.336 e. The summed E-state index contributed by atoms with van der Waals surface area (Å²) in [5, 5.41) is 3.38. The highest BCUT2D eigenvalue weighted by molar-refractivity contribution is 5.92. The first-order chi connectivity index (χ1) is 11.1. The summed E-state index contributed by atoms with van der Waals surface area (Å²) < 4.78 is 11.9. The first kappa shape index (κ1) is 14.6. The number of carbonyl (C=O) groups excluding carboxylic acids is 1. The van der Waals surface area contributed by atoms with Crippen LogP contribution in [0.15, 0.2) is 35.5 Å². The summed E-state index contributed by atoms with van der Waals surface area (Å²) in [7, 11) is 0. The number of hydrogen-bond acceptors (Lipinski definition) is 4. The number of hydrogen-bond donors (Lipinski definition) is 1. The number of fused-ring (bicyclic) bond motifs is 4. The van der Waals surface area contributed by atoms with Crippen molar-refractivity contribution in [3.05, 3.63) is 41.1 Å². The van der Waals surface area contributed by atoms with E-state index in [1.165, 1.54) is 0 Å². The van der Waals surface area contributed by atoms with Crippen LogP contribution in [-0.2, 0) is 9.53 Å². The van der Waals surface area contributed by atoms with Crippen molar-refractivity contribution in [2.24, 2.45) is 0 Å². The molecule has 4 heteroatoms. The zero-order valence-electron chi connectivity index (χ0n) is 13.7. The largest absolute Gasteiger partial charge is 0.468 e. The van der Waals surface area contributed by atoms with Gasteiger partial charge in [-0.2, -0.15) is 0 Å². The fourth-order valence-corrected chi connectivity index (χ4v) is 4.22. The van der Waals surface area contributed by atoms with Gasteiger partial charge in [0.25, 0.3) is 0 Å². The van der Waals surface area contributed by atoms with Crippen molar-refractivity contribution in [3.63, 3.8) is 0 Å². The second-order valence-corrected chi connectivity index (χ2v) is 7.10. The van der Waals surface area contributed by atoms with E-state index in [1.807, 2.05) is 32.0 Å². The van der Waals surface area contributed by atoms with Crippen LogP contribution in [0.2, 0.25) is 0 Å². The van der Waals surface area contributed by atoms with E-state index in [2.05, 4.69) is 11.4 Å². The normalized spacial score (nSPS) is 29.6. The van der Waals surface area contributed by atoms with E-state index < -0.39 is 5.72 Å². The smallest absolute Gasteiger partial charge is 0.336 e. The number of rotatable bonds is 2. The molecule has 122 valence electrons. The lowest BCUT2D eigenvalue weighted by atomic mass is 9.78. The third kappa shape index (κ3) is 2.50. The Morgan fingerprint density at radius 1 is 1.30 bits per heavy atom. The summed E-state index contributed by atoms with van der Waals surface area (Å²) in [5.41, 5.74) is 2.27. The minimum atomic E-state index is -0.458. The van der Waals surface area contributed by atoms with E-state index in [9.17, 15) is 4.79 Å². The molecule has 1 aromatic rings. The van der Waals surface area contributed by atoms with Crippen molar-refractivity contribution < 1.29 is 14.3 Å². The molecule has 3 aliphatic rings. The van der Waals surface area contributed by atoms with E-state index in [4.69, 9.17) is 9.47 Å². The Labute approximate surface area is 136 Å². The molecule has 23 heavy (non-hydrogen) atoms. The summed E-state index contributed by atoms with van der Waals surface area (Å²) in [5.74, 6) is 0.739. The Morgan fingerprint density at radius 3 is 2.83 bits per heavy atom. The summed E-state index contributed by atoms with van der Waals surface area (Å²) in [6.45, 7) is 3.99. The van der Waals surface area contributed by atoms with Gasteiger partial charge < -0.3 is 14.8 Å². The topological polar surface area (TPSA) is 47.6 Å². The average Bonchev–Trinajstić information content (AvgIpc) is 2.99. The van der Waals surface area contributed by atoms with E-state index in [1.54, 1.807) is 0 Å². The minimum absolute atomic E-state index is 0.0418. The van der Waals surface area contributed by atoms with Crippen LogP contribution in [0.4, 0.5) is 0 Å². The lowest BCUT2D eigenvalue weighted by Crippen LogP contribution is -2.54. The standard InChI is InChI=1S/C19H23NO3/c1-12-17(18(21)22-13-7-3-4-8-13)15-11-19(2,20-12)23-16-10-6-5-9-14(15)16/h5-6,9-10,13,15,20H,3-4,7-8,11H2,1-2H3/t15-,19-/m1/s1. The van der Waals surface area contributed by atoms with Crippen LogP contribution in [0.3, 0.4) is 0 Å². The maximum atomic E-state index is 12.8. The maximum absolute atomic E-state index is 12.8. The van der Waals surface area contributed by atoms with Gasteiger partial charge in [-0.05, 0) is 45.6 Å². The molecule has 1 N–H and O–H groups in total. The Balaban J connectivity index is 1.69. The number of allylic oxidation sites excluding steroid dienone is 1. The van der Waals surface area contributed by atoms with Crippen molar-refractivity contribution in [1.82, 2.24) is 5.32 Å². The Bertz CT molecular complexity index is 675. The van der Waals surface area contributed by atoms with Crippen LogP contribution in [0.25, 0.3) is 0 Å². The third-order valence-electron chi connectivity index (χ3n) is 5.22. The van der Waals surface area contributed by atoms with Crippen LogP contribution < -0.4 is 10.1 Å². The molecule has 4 nitrogen and oxygen atoms in total. The SMILES string of the molecule is CC1=C(C(=O)OC2CCCC2)[C@@H]2C[C@](C)(N1)Oc1ccccc12. The van der Waals surface area contributed by atoms with Crippen LogP contribution in [-0.4, -0.2) is 17.8 Å². The molecule has 0 unspecified atom stereocenters. The number of nitrogens with one attached hydrogen (secondary N) is 1. The van der Waals surface area contributed by atoms with Crippen LogP contribution in [0.5, 0.6) is 5.75 Å². The second-order valence-electron chi connectivity index (χ2n) is 7.10. The van der Waals surface area contributed by atoms with E-state index in [0.29, 0.717) is 0 Å². The van der Waals surface area contributed by atoms with Crippen molar-refractivity contribution in [2.75, 3.05) is 0 Å². The Hall–Kier alpha value is -1.97. The first-order valence-corrected chi connectivity index (χ1v) is 8.54. The molecule has 0 saturated heterocycles. The molecule has 2 aliphatic heterocycles. The molecule has 2 atom stereocenters. The van der Waals surface area contributed by atoms with Gasteiger partial charge in [0, 0.05) is 23.6 Å². The van der Waals surface area contributed by atoms with Crippen LogP contribution in [0, 0.1) is 0 Å². The zero-order valence-corrected chi connectivity index (χ0v) is 13.7. The van der Waals surface area contributed by atoms with Gasteiger partial charge >= 0.3 is 5.97 Å². The molecule has 2 heterocycles. The highest BCUT2D eigenvalue weighted by Crippen LogP contribution is 2.47. The van der Waals surface area contributed by atoms with E-state index in [-0.39, 0.29) is 18.0 Å². The van der Waals surface area contributed by atoms with Gasteiger partial charge in [0.15, 0.2) is 5.72 Å². The monoisotopic (exact) mass is 313 g/mol. The second kappa shape index (κ2) is 5.29. The minimum Gasteiger partial charge on any atom is -0.468 e. The molecule has 1 fully saturated rings. The predicted octanol–water partition coefficient (Wildman–Crippen LogP) is 3.63. The molecule has 2 bridgehead atoms. The fraction of sp³-hybridized carbons (Fsp3) is 0.526. The van der Waals surface area contributed by atoms with E-state index >= 15 is 0 Å². The van der Waals surface area contributed by atoms with Crippen molar-refractivity contribution in [2.45, 2.75) is 63.7 Å². The molecule has 0 spiro atoms. The van der Waals surface area contributed by atoms with Crippen molar-refractivity contribution >= 4 is 5.97 Å². The van der Waals surface area contributed by atoms with E-state index in [0.717, 1.165) is 54.7 Å². The number of benzene rings is 1.